The van der Waals surface area contributed by atoms with Crippen LogP contribution in [0.4, 0.5) is 5.69 Å². The van der Waals surface area contributed by atoms with Gasteiger partial charge in [0.25, 0.3) is 0 Å². The van der Waals surface area contributed by atoms with Crippen molar-refractivity contribution in [3.8, 4) is 22.6 Å². The van der Waals surface area contributed by atoms with Crippen molar-refractivity contribution < 1.29 is 47.5 Å². The summed E-state index contributed by atoms with van der Waals surface area (Å²) in [6.07, 6.45) is 19.0. The molecule has 1 aromatic heterocycles. The molecular formula is C72H82Br2MnMoN2O3-2. The Hall–Kier alpha value is -5.72. The Labute approximate surface area is 519 Å². The number of fused-ring (bicyclic) bond motifs is 2. The maximum atomic E-state index is 11.0. The maximum absolute atomic E-state index is 11.0. The molecule has 0 saturated heterocycles. The summed E-state index contributed by atoms with van der Waals surface area (Å²) in [6, 6.07) is 58.3. The molecule has 2 aliphatic rings. The number of aromatic hydroxyl groups is 1. The molecule has 8 aromatic rings. The number of hydrogen-bond acceptors (Lipinski definition) is 4. The van der Waals surface area contributed by atoms with E-state index in [4.69, 9.17) is 12.1 Å². The van der Waals surface area contributed by atoms with E-state index in [1.165, 1.54) is 92.1 Å². The van der Waals surface area contributed by atoms with Gasteiger partial charge in [-0.15, -0.1) is 18.7 Å². The second-order valence-electron chi connectivity index (χ2n) is 19.8. The molecule has 0 atom stereocenters. The zero-order valence-corrected chi connectivity index (χ0v) is 54.0. The normalized spacial score (nSPS) is 11.6. The number of ether oxygens (including phenoxy) is 1. The molecule has 0 radical (unpaired) electrons. The molecule has 427 valence electrons. The minimum absolute atomic E-state index is 0. The van der Waals surface area contributed by atoms with Crippen molar-refractivity contribution in [2.45, 2.75) is 126 Å². The van der Waals surface area contributed by atoms with Gasteiger partial charge >= 0.3 is 143 Å². The van der Waals surface area contributed by atoms with Crippen LogP contribution in [0.3, 0.4) is 0 Å². The van der Waals surface area contributed by atoms with E-state index in [9.17, 15) is 5.11 Å². The number of halogens is 2. The van der Waals surface area contributed by atoms with E-state index in [2.05, 4.69) is 203 Å². The summed E-state index contributed by atoms with van der Waals surface area (Å²) in [5.74, 6) is 1.22. The van der Waals surface area contributed by atoms with Crippen LogP contribution in [0, 0.1) is 33.8 Å². The molecule has 0 amide bonds. The van der Waals surface area contributed by atoms with Crippen LogP contribution in [-0.2, 0) is 81.6 Å². The first kappa shape index (κ1) is 69.5. The van der Waals surface area contributed by atoms with E-state index in [1.54, 1.807) is 28.1 Å². The van der Waals surface area contributed by atoms with Gasteiger partial charge in [-0.1, -0.05) is 135 Å². The van der Waals surface area contributed by atoms with Crippen LogP contribution in [0.5, 0.6) is 11.5 Å². The first-order valence-corrected chi connectivity index (χ1v) is 31.3. The quantitative estimate of drug-likeness (QED) is 0.0641. The van der Waals surface area contributed by atoms with Gasteiger partial charge in [0, 0.05) is 15.8 Å². The van der Waals surface area contributed by atoms with Crippen LogP contribution < -0.4 is 9.72 Å². The number of phenols is 1. The number of phenolic OH excluding ortho intramolecular Hbond substituents is 1. The van der Waals surface area contributed by atoms with Crippen molar-refractivity contribution in [3.63, 3.8) is 0 Å². The molecule has 81 heavy (non-hydrogen) atoms. The summed E-state index contributed by atoms with van der Waals surface area (Å²) in [5, 5.41) is 11.0. The second-order valence-corrected chi connectivity index (χ2v) is 23.1. The van der Waals surface area contributed by atoms with E-state index in [0.717, 1.165) is 71.4 Å². The van der Waals surface area contributed by atoms with E-state index in [0.29, 0.717) is 5.75 Å². The fourth-order valence-corrected chi connectivity index (χ4v) is 11.9. The van der Waals surface area contributed by atoms with Crippen molar-refractivity contribution in [3.05, 3.63) is 278 Å². The molecule has 7 aromatic carbocycles. The van der Waals surface area contributed by atoms with Crippen LogP contribution in [0.2, 0.25) is 0 Å². The molecule has 0 saturated carbocycles. The van der Waals surface area contributed by atoms with Crippen LogP contribution in [0.15, 0.2) is 214 Å². The summed E-state index contributed by atoms with van der Waals surface area (Å²) in [5.41, 5.74) is 18.1. The summed E-state index contributed by atoms with van der Waals surface area (Å²) in [4.78, 5) is 4.11. The van der Waals surface area contributed by atoms with E-state index in [-0.39, 0.29) is 12.8 Å². The Bertz CT molecular complexity index is 3070. The first-order valence-electron chi connectivity index (χ1n) is 27.2. The summed E-state index contributed by atoms with van der Waals surface area (Å²) in [7, 11) is 0. The van der Waals surface area contributed by atoms with E-state index < -0.39 is 17.9 Å². The summed E-state index contributed by atoms with van der Waals surface area (Å²) < 4.78 is 22.2. The Balaban J connectivity index is 0.000000269. The third kappa shape index (κ3) is 24.0. The second kappa shape index (κ2) is 38.9. The van der Waals surface area contributed by atoms with E-state index in [1.807, 2.05) is 75.4 Å². The summed E-state index contributed by atoms with van der Waals surface area (Å²) >= 11 is 8.58. The van der Waals surface area contributed by atoms with Crippen LogP contribution in [-0.4, -0.2) is 9.51 Å². The van der Waals surface area contributed by atoms with Crippen LogP contribution in [0.1, 0.15) is 115 Å². The van der Waals surface area contributed by atoms with Gasteiger partial charge < -0.3 is 14.8 Å². The Morgan fingerprint density at radius 1 is 0.679 bits per heavy atom. The molecule has 0 aliphatic heterocycles. The number of nitrogens with zero attached hydrogens (tertiary/aromatic N) is 2. The zero-order chi connectivity index (χ0) is 58.1. The van der Waals surface area contributed by atoms with Crippen molar-refractivity contribution >= 4 is 41.9 Å². The fraction of sp³-hybridized carbons (Fsp3) is 0.264. The van der Waals surface area contributed by atoms with Crippen LogP contribution in [0.25, 0.3) is 11.1 Å². The van der Waals surface area contributed by atoms with Gasteiger partial charge in [-0.2, -0.15) is 29.6 Å². The molecule has 5 nitrogen and oxygen atoms in total. The standard InChI is InChI=1S/C21H22Br2O.2C10H12.C9H10.C8H7O.C7H7N.C6H8N.CH4.Mn.Mo.O/c1-12-17(22)10-13-6-2-4-8-15(13)19(12)20-16-9-5-3-7-14(16)11-18(23)21(20)24;1-10(2,3)9-7-5-4-6-8-9;1-2-3-7-10-8-5-4-6-9-10;1-2-6-9-7-4-3-5-8-9;1-2-9-8-6-4-3-5-7-8;1-6-4-2-3-5-7(6)8;1-5-3-4-6(2)7-5;;;;/h10-11,24H,2-9H2,1H3;1,4-8H,2-3H3;2-6,8-9H,7H2,1H3;2-5,7-8H,1,6H2;2,4-7H,1H2;2-5H,1H3;3-4H,1-2H3;1H4;;;/q;;;;-1;;-1;;;;/b;;3-2-;;;;;;;;. The first-order chi connectivity index (χ1) is 38.8. The predicted molar refractivity (Wildman–Crippen MR) is 344 cm³/mol. The van der Waals surface area contributed by atoms with Crippen molar-refractivity contribution in [1.29, 1.82) is 0 Å². The van der Waals surface area contributed by atoms with Gasteiger partial charge in [-0.25, -0.2) is 0 Å². The number of rotatable bonds is 10. The van der Waals surface area contributed by atoms with Crippen LogP contribution >= 0.6 is 31.9 Å². The van der Waals surface area contributed by atoms with Gasteiger partial charge in [-0.05, 0) is 151 Å². The van der Waals surface area contributed by atoms with Crippen molar-refractivity contribution in [1.82, 2.24) is 4.98 Å². The van der Waals surface area contributed by atoms with Gasteiger partial charge in [0.2, 0.25) is 0 Å². The third-order valence-corrected chi connectivity index (χ3v) is 17.2. The Morgan fingerprint density at radius 3 is 1.68 bits per heavy atom. The topological polar surface area (TPSA) is 73.0 Å². The molecule has 1 N–H and O–H groups in total. The van der Waals surface area contributed by atoms with Crippen molar-refractivity contribution in [2.75, 3.05) is 0 Å². The minimum atomic E-state index is -0.473. The molecule has 10 rings (SSSR count). The molecule has 0 fully saturated rings. The number of aryl methyl sites for hydroxylation is 5. The Kier molecular flexibility index (Phi) is 33.4. The van der Waals surface area contributed by atoms with Gasteiger partial charge in [0.05, 0.1) is 10.7 Å². The van der Waals surface area contributed by atoms with Gasteiger partial charge in [0.1, 0.15) is 5.75 Å². The fourth-order valence-electron chi connectivity index (χ4n) is 9.05. The third-order valence-electron chi connectivity index (χ3n) is 13.3. The number of benzene rings is 7. The molecule has 9 heteroatoms. The molecule has 0 spiro atoms. The molecule has 0 unspecified atom stereocenters. The average molecular weight is 1330 g/mol. The number of hydrogen-bond donors (Lipinski definition) is 1. The molecule has 1 heterocycles. The molecular weight excluding hydrogens is 1250 g/mol. The van der Waals surface area contributed by atoms with Crippen molar-refractivity contribution in [2.24, 2.45) is 3.50 Å². The number of aromatic nitrogens is 1. The monoisotopic (exact) mass is 1330 g/mol. The summed E-state index contributed by atoms with van der Waals surface area (Å²) in [6.45, 7) is 21.9. The molecule has 0 bridgehead atoms. The average Bonchev–Trinajstić information content (AvgIpc) is 3.88. The van der Waals surface area contributed by atoms with Gasteiger partial charge in [-0.3, -0.25) is 0 Å². The SMILES string of the molecule is C.C/C=C\Cc1ccccc1.C=CCc1ccccc1.C=COc1cc[c-]cc1.Cc1c(Br)cc2c(c1-c1c(O)c(Br)cc3c1CCCC3)CCCC2.Cc1ccc(C)[n-]1.Cc1ccccc1[N]=[Mo]=[CH]C(C)(C)c1ccccc1.[O]=[Mn]. The zero-order valence-electron chi connectivity index (χ0n) is 47.7. The molecule has 2 aliphatic carbocycles. The van der Waals surface area contributed by atoms with E-state index >= 15 is 0 Å². The predicted octanol–water partition coefficient (Wildman–Crippen LogP) is 20.3. The van der Waals surface area contributed by atoms with Gasteiger partial charge in [0.15, 0.2) is 0 Å². The Morgan fingerprint density at radius 2 is 1.17 bits per heavy atom. The number of allylic oxidation sites excluding steroid dienone is 3.